The maximum atomic E-state index is 14.1. The average Bonchev–Trinajstić information content (AvgIpc) is 2.41. The summed E-state index contributed by atoms with van der Waals surface area (Å²) in [6.07, 6.45) is -3.35. The average molecular weight is 351 g/mol. The van der Waals surface area contributed by atoms with Crippen molar-refractivity contribution in [2.24, 2.45) is 0 Å². The zero-order chi connectivity index (χ0) is 17.2. The Morgan fingerprint density at radius 1 is 1.00 bits per heavy atom. The summed E-state index contributed by atoms with van der Waals surface area (Å²) in [5, 5.41) is -0.290. The fourth-order valence-corrected chi connectivity index (χ4v) is 2.19. The number of ether oxygens (including phenoxy) is 1. The highest BCUT2D eigenvalue weighted by atomic mass is 35.5. The quantitative estimate of drug-likeness (QED) is 0.616. The van der Waals surface area contributed by atoms with Crippen molar-refractivity contribution in [1.82, 2.24) is 0 Å². The molecule has 0 heterocycles. The molecule has 1 nitrogen and oxygen atoms in total. The minimum Gasteiger partial charge on any atom is -0.429 e. The number of alkyl halides is 2. The van der Waals surface area contributed by atoms with Gasteiger partial charge in [-0.25, -0.2) is 13.2 Å². The van der Waals surface area contributed by atoms with E-state index < -0.39 is 34.9 Å². The lowest BCUT2D eigenvalue weighted by Crippen LogP contribution is -2.25. The lowest BCUT2D eigenvalue weighted by atomic mass is 10.1. The van der Waals surface area contributed by atoms with Gasteiger partial charge < -0.3 is 4.74 Å². The van der Waals surface area contributed by atoms with Gasteiger partial charge in [-0.2, -0.15) is 8.78 Å². The molecular formula is C16H12ClF5O. The van der Waals surface area contributed by atoms with E-state index in [1.807, 2.05) is 0 Å². The molecule has 23 heavy (non-hydrogen) atoms. The van der Waals surface area contributed by atoms with E-state index >= 15 is 0 Å². The summed E-state index contributed by atoms with van der Waals surface area (Å²) in [7, 11) is 0. The summed E-state index contributed by atoms with van der Waals surface area (Å²) in [6, 6.07) is 4.25. The van der Waals surface area contributed by atoms with Crippen molar-refractivity contribution in [2.75, 3.05) is 0 Å². The maximum Gasteiger partial charge on any atom is 0.432 e. The number of aryl methyl sites for hydroxylation is 1. The van der Waals surface area contributed by atoms with Gasteiger partial charge in [-0.3, -0.25) is 0 Å². The van der Waals surface area contributed by atoms with Crippen LogP contribution >= 0.6 is 11.6 Å². The maximum absolute atomic E-state index is 14.1. The Hall–Kier alpha value is -1.82. The first-order valence-electron chi connectivity index (χ1n) is 6.75. The standard InChI is InChI=1S/C16H12ClF5O/c1-2-3-9-6-13(19)15(14(20)7-9)16(21,22)23-10-4-5-11(17)12(18)8-10/h4-8H,2-3H2,1H3. The smallest absolute Gasteiger partial charge is 0.429 e. The highest BCUT2D eigenvalue weighted by Gasteiger charge is 2.41. The van der Waals surface area contributed by atoms with Crippen LogP contribution in [0, 0.1) is 17.5 Å². The van der Waals surface area contributed by atoms with Crippen LogP contribution in [0.15, 0.2) is 30.3 Å². The second-order valence-corrected chi connectivity index (χ2v) is 5.29. The first kappa shape index (κ1) is 17.5. The molecular weight excluding hydrogens is 339 g/mol. The first-order chi connectivity index (χ1) is 10.7. The molecule has 0 aliphatic rings. The van der Waals surface area contributed by atoms with Crippen LogP contribution in [-0.4, -0.2) is 0 Å². The van der Waals surface area contributed by atoms with Crippen LogP contribution in [0.1, 0.15) is 24.5 Å². The van der Waals surface area contributed by atoms with Gasteiger partial charge in [0.2, 0.25) is 0 Å². The Morgan fingerprint density at radius 3 is 2.13 bits per heavy atom. The first-order valence-corrected chi connectivity index (χ1v) is 7.12. The molecule has 2 aromatic rings. The lowest BCUT2D eigenvalue weighted by Gasteiger charge is -2.20. The minimum atomic E-state index is -4.31. The van der Waals surface area contributed by atoms with E-state index in [1.54, 1.807) is 6.92 Å². The van der Waals surface area contributed by atoms with Crippen molar-refractivity contribution in [3.8, 4) is 5.75 Å². The molecule has 0 unspecified atom stereocenters. The monoisotopic (exact) mass is 350 g/mol. The zero-order valence-electron chi connectivity index (χ0n) is 12.0. The molecule has 0 saturated heterocycles. The van der Waals surface area contributed by atoms with E-state index in [4.69, 9.17) is 11.6 Å². The lowest BCUT2D eigenvalue weighted by molar-refractivity contribution is -0.189. The number of rotatable bonds is 5. The normalized spacial score (nSPS) is 11.6. The molecule has 0 saturated carbocycles. The van der Waals surface area contributed by atoms with Crippen molar-refractivity contribution < 1.29 is 26.7 Å². The van der Waals surface area contributed by atoms with Gasteiger partial charge in [-0.15, -0.1) is 0 Å². The summed E-state index contributed by atoms with van der Waals surface area (Å²) in [6.45, 7) is 1.79. The predicted molar refractivity (Wildman–Crippen MR) is 76.3 cm³/mol. The molecule has 124 valence electrons. The zero-order valence-corrected chi connectivity index (χ0v) is 12.7. The van der Waals surface area contributed by atoms with Crippen LogP contribution in [-0.2, 0) is 12.5 Å². The molecule has 0 spiro atoms. The van der Waals surface area contributed by atoms with Gasteiger partial charge in [-0.05, 0) is 36.2 Å². The molecule has 2 rings (SSSR count). The van der Waals surface area contributed by atoms with Crippen LogP contribution in [0.5, 0.6) is 5.75 Å². The Labute approximate surface area is 134 Å². The van der Waals surface area contributed by atoms with Gasteiger partial charge in [-0.1, -0.05) is 24.9 Å². The topological polar surface area (TPSA) is 9.23 Å². The molecule has 2 aromatic carbocycles. The van der Waals surface area contributed by atoms with Gasteiger partial charge >= 0.3 is 6.11 Å². The molecule has 0 aliphatic heterocycles. The molecule has 0 atom stereocenters. The molecule has 7 heteroatoms. The van der Waals surface area contributed by atoms with E-state index in [0.29, 0.717) is 18.9 Å². The Bertz CT molecular complexity index is 695. The van der Waals surface area contributed by atoms with Gasteiger partial charge in [0.1, 0.15) is 28.8 Å². The van der Waals surface area contributed by atoms with Gasteiger partial charge in [0, 0.05) is 6.07 Å². The Balaban J connectivity index is 2.36. The van der Waals surface area contributed by atoms with Crippen LogP contribution < -0.4 is 4.74 Å². The summed E-state index contributed by atoms with van der Waals surface area (Å²) >= 11 is 5.43. The summed E-state index contributed by atoms with van der Waals surface area (Å²) in [4.78, 5) is 0. The largest absolute Gasteiger partial charge is 0.432 e. The molecule has 0 aliphatic carbocycles. The van der Waals surface area contributed by atoms with Crippen LogP contribution in [0.25, 0.3) is 0 Å². The highest BCUT2D eigenvalue weighted by molar-refractivity contribution is 6.30. The van der Waals surface area contributed by atoms with Gasteiger partial charge in [0.15, 0.2) is 0 Å². The molecule has 0 radical (unpaired) electrons. The third-order valence-electron chi connectivity index (χ3n) is 3.07. The van der Waals surface area contributed by atoms with E-state index in [-0.39, 0.29) is 10.6 Å². The summed E-state index contributed by atoms with van der Waals surface area (Å²) in [5.74, 6) is -4.44. The number of hydrogen-bond donors (Lipinski definition) is 0. The van der Waals surface area contributed by atoms with E-state index in [1.165, 1.54) is 0 Å². The SMILES string of the molecule is CCCc1cc(F)c(C(F)(F)Oc2ccc(Cl)c(F)c2)c(F)c1. The Kier molecular flexibility index (Phi) is 5.14. The third-order valence-corrected chi connectivity index (χ3v) is 3.38. The molecule has 0 aromatic heterocycles. The van der Waals surface area contributed by atoms with Gasteiger partial charge in [0.25, 0.3) is 0 Å². The van der Waals surface area contributed by atoms with E-state index in [0.717, 1.165) is 24.3 Å². The Morgan fingerprint density at radius 2 is 1.61 bits per heavy atom. The van der Waals surface area contributed by atoms with E-state index in [9.17, 15) is 22.0 Å². The number of hydrogen-bond acceptors (Lipinski definition) is 1. The molecule has 0 N–H and O–H groups in total. The van der Waals surface area contributed by atoms with Crippen molar-refractivity contribution in [3.63, 3.8) is 0 Å². The van der Waals surface area contributed by atoms with Crippen LogP contribution in [0.2, 0.25) is 5.02 Å². The minimum absolute atomic E-state index is 0.264. The number of benzene rings is 2. The summed E-state index contributed by atoms with van der Waals surface area (Å²) < 4.78 is 73.4. The summed E-state index contributed by atoms with van der Waals surface area (Å²) in [5.41, 5.74) is -1.26. The van der Waals surface area contributed by atoms with Crippen LogP contribution in [0.4, 0.5) is 22.0 Å². The number of halogens is 6. The fourth-order valence-electron chi connectivity index (χ4n) is 2.08. The second-order valence-electron chi connectivity index (χ2n) is 4.88. The molecule has 0 bridgehead atoms. The highest BCUT2D eigenvalue weighted by Crippen LogP contribution is 2.36. The van der Waals surface area contributed by atoms with Crippen LogP contribution in [0.3, 0.4) is 0 Å². The van der Waals surface area contributed by atoms with E-state index in [2.05, 4.69) is 4.74 Å². The van der Waals surface area contributed by atoms with Crippen molar-refractivity contribution in [1.29, 1.82) is 0 Å². The third kappa shape index (κ3) is 3.93. The molecule has 0 fully saturated rings. The fraction of sp³-hybridized carbons (Fsp3) is 0.250. The van der Waals surface area contributed by atoms with Crippen molar-refractivity contribution in [3.05, 3.63) is 63.9 Å². The molecule has 0 amide bonds. The predicted octanol–water partition coefficient (Wildman–Crippen LogP) is 5.84. The van der Waals surface area contributed by atoms with Gasteiger partial charge in [0.05, 0.1) is 5.02 Å². The van der Waals surface area contributed by atoms with Crippen molar-refractivity contribution in [2.45, 2.75) is 25.9 Å². The second kappa shape index (κ2) is 6.74. The van der Waals surface area contributed by atoms with Crippen molar-refractivity contribution >= 4 is 11.6 Å².